The van der Waals surface area contributed by atoms with E-state index in [-0.39, 0.29) is 12.4 Å². The van der Waals surface area contributed by atoms with Crippen LogP contribution in [0.4, 0.5) is 9.18 Å². The number of nitrogens with two attached hydrogens (primary N) is 1. The first kappa shape index (κ1) is 17.6. The molecule has 2 aromatic rings. The first-order valence-electron chi connectivity index (χ1n) is 6.83. The summed E-state index contributed by atoms with van der Waals surface area (Å²) in [5.41, 5.74) is 8.36. The van der Waals surface area contributed by atoms with Crippen molar-refractivity contribution in [1.82, 2.24) is 5.43 Å². The predicted octanol–water partition coefficient (Wildman–Crippen LogP) is 3.07. The molecule has 0 aliphatic carbocycles. The number of carbonyl (C=O) groups is 1. The summed E-state index contributed by atoms with van der Waals surface area (Å²) < 4.78 is 23.8. The fraction of sp³-hybridized carbons (Fsp3) is 0.125. The van der Waals surface area contributed by atoms with Crippen molar-refractivity contribution in [3.05, 3.63) is 58.4 Å². The molecule has 0 heterocycles. The Hall–Kier alpha value is -2.80. The van der Waals surface area contributed by atoms with Gasteiger partial charge in [-0.3, -0.25) is 0 Å². The van der Waals surface area contributed by atoms with E-state index in [4.69, 9.17) is 26.8 Å². The van der Waals surface area contributed by atoms with Crippen LogP contribution in [-0.2, 0) is 6.61 Å². The third kappa shape index (κ3) is 4.85. The lowest BCUT2D eigenvalue weighted by Crippen LogP contribution is -2.24. The van der Waals surface area contributed by atoms with Crippen molar-refractivity contribution in [3.8, 4) is 11.5 Å². The maximum Gasteiger partial charge on any atom is 0.332 e. The number of rotatable bonds is 6. The van der Waals surface area contributed by atoms with E-state index in [0.717, 1.165) is 5.56 Å². The number of carbonyl (C=O) groups excluding carboxylic acids is 1. The molecule has 126 valence electrons. The van der Waals surface area contributed by atoms with Crippen LogP contribution in [-0.4, -0.2) is 19.4 Å². The zero-order chi connectivity index (χ0) is 17.5. The average molecular weight is 352 g/mol. The van der Waals surface area contributed by atoms with Crippen LogP contribution in [0.15, 0.2) is 41.5 Å². The minimum atomic E-state index is -0.774. The first-order chi connectivity index (χ1) is 11.5. The zero-order valence-electron chi connectivity index (χ0n) is 12.8. The molecular weight excluding hydrogens is 337 g/mol. The fourth-order valence-corrected chi connectivity index (χ4v) is 2.13. The molecule has 0 spiro atoms. The van der Waals surface area contributed by atoms with Crippen LogP contribution in [0.1, 0.15) is 11.1 Å². The number of halogens is 2. The number of ether oxygens (including phenoxy) is 2. The van der Waals surface area contributed by atoms with Gasteiger partial charge in [-0.05, 0) is 35.4 Å². The molecule has 8 heteroatoms. The third-order valence-electron chi connectivity index (χ3n) is 2.94. The van der Waals surface area contributed by atoms with E-state index in [0.29, 0.717) is 22.1 Å². The Bertz CT molecular complexity index is 751. The van der Waals surface area contributed by atoms with Gasteiger partial charge in [0.2, 0.25) is 0 Å². The number of hydrazone groups is 1. The van der Waals surface area contributed by atoms with E-state index in [2.05, 4.69) is 10.5 Å². The lowest BCUT2D eigenvalue weighted by Gasteiger charge is -2.13. The van der Waals surface area contributed by atoms with Gasteiger partial charge in [-0.1, -0.05) is 23.7 Å². The molecule has 0 atom stereocenters. The summed E-state index contributed by atoms with van der Waals surface area (Å²) in [7, 11) is 1.47. The van der Waals surface area contributed by atoms with Crippen LogP contribution < -0.4 is 20.6 Å². The van der Waals surface area contributed by atoms with Gasteiger partial charge in [0, 0.05) is 0 Å². The maximum absolute atomic E-state index is 12.9. The summed E-state index contributed by atoms with van der Waals surface area (Å²) in [6.45, 7) is 0.201. The second-order valence-corrected chi connectivity index (χ2v) is 5.09. The zero-order valence-corrected chi connectivity index (χ0v) is 13.5. The van der Waals surface area contributed by atoms with Crippen LogP contribution in [0.5, 0.6) is 11.5 Å². The fourth-order valence-electron chi connectivity index (χ4n) is 1.86. The van der Waals surface area contributed by atoms with Crippen molar-refractivity contribution >= 4 is 23.8 Å². The van der Waals surface area contributed by atoms with Crippen LogP contribution in [0.2, 0.25) is 5.02 Å². The number of benzene rings is 2. The minimum Gasteiger partial charge on any atom is -0.493 e. The van der Waals surface area contributed by atoms with Gasteiger partial charge in [0.25, 0.3) is 0 Å². The Morgan fingerprint density at radius 3 is 2.71 bits per heavy atom. The highest BCUT2D eigenvalue weighted by Gasteiger charge is 2.12. The van der Waals surface area contributed by atoms with Gasteiger partial charge in [0.15, 0.2) is 11.5 Å². The van der Waals surface area contributed by atoms with E-state index in [1.54, 1.807) is 24.3 Å². The summed E-state index contributed by atoms with van der Waals surface area (Å²) in [6, 6.07) is 8.39. The number of urea groups is 1. The molecule has 0 aliphatic rings. The van der Waals surface area contributed by atoms with Crippen molar-refractivity contribution < 1.29 is 18.7 Å². The Kier molecular flexibility index (Phi) is 5.97. The minimum absolute atomic E-state index is 0.201. The van der Waals surface area contributed by atoms with Crippen LogP contribution in [0.3, 0.4) is 0 Å². The van der Waals surface area contributed by atoms with Crippen molar-refractivity contribution in [2.24, 2.45) is 10.8 Å². The van der Waals surface area contributed by atoms with Gasteiger partial charge in [-0.2, -0.15) is 5.10 Å². The topological polar surface area (TPSA) is 85.9 Å². The Morgan fingerprint density at radius 1 is 1.38 bits per heavy atom. The van der Waals surface area contributed by atoms with Gasteiger partial charge in [-0.25, -0.2) is 14.6 Å². The predicted molar refractivity (Wildman–Crippen MR) is 89.0 cm³/mol. The molecule has 0 unspecified atom stereocenters. The summed E-state index contributed by atoms with van der Waals surface area (Å²) in [5.74, 6) is 0.427. The molecule has 3 N–H and O–H groups in total. The average Bonchev–Trinajstić information content (AvgIpc) is 2.54. The van der Waals surface area contributed by atoms with E-state index in [1.165, 1.54) is 25.5 Å². The molecule has 0 radical (unpaired) electrons. The molecule has 2 aromatic carbocycles. The van der Waals surface area contributed by atoms with Crippen molar-refractivity contribution in [2.75, 3.05) is 7.11 Å². The van der Waals surface area contributed by atoms with E-state index in [9.17, 15) is 9.18 Å². The van der Waals surface area contributed by atoms with Gasteiger partial charge in [0.1, 0.15) is 12.4 Å². The molecule has 0 fully saturated rings. The SMILES string of the molecule is COc1cc(/C=N\NC(N)=O)cc(Cl)c1OCc1ccc(F)cc1. The molecule has 0 saturated carbocycles. The normalized spacial score (nSPS) is 10.6. The summed E-state index contributed by atoms with van der Waals surface area (Å²) in [4.78, 5) is 10.6. The number of hydrogen-bond donors (Lipinski definition) is 2. The highest BCUT2D eigenvalue weighted by Crippen LogP contribution is 2.36. The Balaban J connectivity index is 2.15. The summed E-state index contributed by atoms with van der Waals surface area (Å²) in [5, 5.41) is 3.95. The number of primary amides is 1. The molecule has 24 heavy (non-hydrogen) atoms. The second kappa shape index (κ2) is 8.16. The van der Waals surface area contributed by atoms with Crippen molar-refractivity contribution in [1.29, 1.82) is 0 Å². The molecule has 0 bridgehead atoms. The molecule has 0 saturated heterocycles. The monoisotopic (exact) mass is 351 g/mol. The third-order valence-corrected chi connectivity index (χ3v) is 3.22. The molecular formula is C16H15ClFN3O3. The van der Waals surface area contributed by atoms with E-state index < -0.39 is 6.03 Å². The largest absolute Gasteiger partial charge is 0.493 e. The van der Waals surface area contributed by atoms with Crippen LogP contribution in [0.25, 0.3) is 0 Å². The quantitative estimate of drug-likeness (QED) is 0.619. The Labute approximate surface area is 143 Å². The maximum atomic E-state index is 12.9. The van der Waals surface area contributed by atoms with Gasteiger partial charge in [-0.15, -0.1) is 0 Å². The lowest BCUT2D eigenvalue weighted by molar-refractivity contribution is 0.249. The van der Waals surface area contributed by atoms with Gasteiger partial charge in [0.05, 0.1) is 18.3 Å². The second-order valence-electron chi connectivity index (χ2n) is 4.68. The van der Waals surface area contributed by atoms with E-state index in [1.807, 2.05) is 0 Å². The summed E-state index contributed by atoms with van der Waals surface area (Å²) in [6.07, 6.45) is 1.36. The van der Waals surface area contributed by atoms with Crippen LogP contribution >= 0.6 is 11.6 Å². The van der Waals surface area contributed by atoms with Crippen molar-refractivity contribution in [3.63, 3.8) is 0 Å². The number of amides is 2. The lowest BCUT2D eigenvalue weighted by atomic mass is 10.2. The van der Waals surface area contributed by atoms with Crippen molar-refractivity contribution in [2.45, 2.75) is 6.61 Å². The van der Waals surface area contributed by atoms with Gasteiger partial charge >= 0.3 is 6.03 Å². The van der Waals surface area contributed by atoms with Crippen LogP contribution in [0, 0.1) is 5.82 Å². The highest BCUT2D eigenvalue weighted by molar-refractivity contribution is 6.32. The van der Waals surface area contributed by atoms with E-state index >= 15 is 0 Å². The number of nitrogens with one attached hydrogen (secondary N) is 1. The highest BCUT2D eigenvalue weighted by atomic mass is 35.5. The number of nitrogens with zero attached hydrogens (tertiary/aromatic N) is 1. The number of methoxy groups -OCH3 is 1. The smallest absolute Gasteiger partial charge is 0.332 e. The summed E-state index contributed by atoms with van der Waals surface area (Å²) >= 11 is 6.21. The molecule has 2 amide bonds. The molecule has 6 nitrogen and oxygen atoms in total. The van der Waals surface area contributed by atoms with Gasteiger partial charge < -0.3 is 15.2 Å². The molecule has 0 aliphatic heterocycles. The standard InChI is InChI=1S/C16H15ClFN3O3/c1-23-14-7-11(8-20-21-16(19)22)6-13(17)15(14)24-9-10-2-4-12(18)5-3-10/h2-8H,9H2,1H3,(H3,19,21,22)/b20-8-. The molecule has 2 rings (SSSR count). The first-order valence-corrected chi connectivity index (χ1v) is 7.20. The number of hydrogen-bond acceptors (Lipinski definition) is 4. The Morgan fingerprint density at radius 2 is 2.08 bits per heavy atom. The molecule has 0 aromatic heterocycles.